The molecular formula is C25H36N2O4. The molecule has 0 unspecified atom stereocenters. The van der Waals surface area contributed by atoms with Crippen LogP contribution in [0.1, 0.15) is 63.9 Å². The molecule has 1 atom stereocenters. The highest BCUT2D eigenvalue weighted by Gasteiger charge is 2.45. The lowest BCUT2D eigenvalue weighted by molar-refractivity contribution is -0.142. The van der Waals surface area contributed by atoms with E-state index in [1.807, 2.05) is 41.8 Å². The molecule has 170 valence electrons. The molecule has 31 heavy (non-hydrogen) atoms. The zero-order valence-electron chi connectivity index (χ0n) is 19.0. The summed E-state index contributed by atoms with van der Waals surface area (Å²) >= 11 is 0. The second kappa shape index (κ2) is 9.60. The maximum Gasteiger partial charge on any atom is 0.225 e. The fourth-order valence-electron chi connectivity index (χ4n) is 5.49. The van der Waals surface area contributed by atoms with Gasteiger partial charge < -0.3 is 19.3 Å². The minimum atomic E-state index is -0.283. The number of rotatable bonds is 5. The van der Waals surface area contributed by atoms with E-state index in [4.69, 9.17) is 9.47 Å². The van der Waals surface area contributed by atoms with Crippen LogP contribution in [0.4, 0.5) is 0 Å². The third-order valence-electron chi connectivity index (χ3n) is 7.40. The van der Waals surface area contributed by atoms with E-state index in [2.05, 4.69) is 6.07 Å². The molecule has 6 heteroatoms. The molecule has 3 aliphatic rings. The van der Waals surface area contributed by atoms with Crippen LogP contribution in [0.15, 0.2) is 24.3 Å². The van der Waals surface area contributed by atoms with Crippen molar-refractivity contribution in [2.24, 2.45) is 5.92 Å². The second-order valence-corrected chi connectivity index (χ2v) is 9.21. The number of hydrogen-bond donors (Lipinski definition) is 0. The topological polar surface area (TPSA) is 59.1 Å². The SMILES string of the molecule is CCN(CC)C(=O)C[C@@H]1CC2(CCN(C(=O)C3CCOCC3)CC2)Oc2ccccc21. The van der Waals surface area contributed by atoms with E-state index in [1.165, 1.54) is 0 Å². The van der Waals surface area contributed by atoms with E-state index in [9.17, 15) is 9.59 Å². The van der Waals surface area contributed by atoms with E-state index in [0.29, 0.717) is 19.6 Å². The van der Waals surface area contributed by atoms with Crippen molar-refractivity contribution < 1.29 is 19.1 Å². The van der Waals surface area contributed by atoms with Crippen molar-refractivity contribution >= 4 is 11.8 Å². The van der Waals surface area contributed by atoms with Crippen LogP contribution in [0.3, 0.4) is 0 Å². The van der Waals surface area contributed by atoms with Crippen LogP contribution in [0.25, 0.3) is 0 Å². The Kier molecular flexibility index (Phi) is 6.85. The van der Waals surface area contributed by atoms with Gasteiger partial charge in [-0.1, -0.05) is 18.2 Å². The van der Waals surface area contributed by atoms with Crippen LogP contribution in [-0.4, -0.2) is 66.6 Å². The Morgan fingerprint density at radius 1 is 1.10 bits per heavy atom. The average Bonchev–Trinajstić information content (AvgIpc) is 2.80. The molecule has 4 rings (SSSR count). The molecule has 6 nitrogen and oxygen atoms in total. The van der Waals surface area contributed by atoms with Gasteiger partial charge in [-0.05, 0) is 44.7 Å². The van der Waals surface area contributed by atoms with E-state index in [1.54, 1.807) is 0 Å². The molecule has 3 aliphatic heterocycles. The molecule has 3 heterocycles. The molecule has 1 spiro atoms. The molecule has 1 aromatic rings. The van der Waals surface area contributed by atoms with Gasteiger partial charge in [-0.25, -0.2) is 0 Å². The fourth-order valence-corrected chi connectivity index (χ4v) is 5.49. The minimum Gasteiger partial charge on any atom is -0.487 e. The molecule has 0 aromatic heterocycles. The lowest BCUT2D eigenvalue weighted by atomic mass is 9.76. The fraction of sp³-hybridized carbons (Fsp3) is 0.680. The van der Waals surface area contributed by atoms with Crippen molar-refractivity contribution in [2.45, 2.75) is 63.9 Å². The van der Waals surface area contributed by atoms with Crippen LogP contribution in [0.5, 0.6) is 5.75 Å². The quantitative estimate of drug-likeness (QED) is 0.719. The molecule has 2 amide bonds. The standard InChI is InChI=1S/C25H36N2O4/c1-3-26(4-2)23(28)17-20-18-25(31-22-8-6-5-7-21(20)22)11-13-27(14-12-25)24(29)19-9-15-30-16-10-19/h5-8,19-20H,3-4,9-18H2,1-2H3/t20-/m1/s1. The summed E-state index contributed by atoms with van der Waals surface area (Å²) in [5.41, 5.74) is 0.865. The Hall–Kier alpha value is -2.08. The van der Waals surface area contributed by atoms with Crippen LogP contribution in [0.2, 0.25) is 0 Å². The zero-order valence-corrected chi connectivity index (χ0v) is 19.0. The zero-order chi connectivity index (χ0) is 21.8. The minimum absolute atomic E-state index is 0.107. The molecule has 0 radical (unpaired) electrons. The number of benzene rings is 1. The molecule has 0 N–H and O–H groups in total. The summed E-state index contributed by atoms with van der Waals surface area (Å²) in [6.07, 6.45) is 4.68. The van der Waals surface area contributed by atoms with Crippen molar-refractivity contribution in [1.82, 2.24) is 9.80 Å². The predicted molar refractivity (Wildman–Crippen MR) is 119 cm³/mol. The van der Waals surface area contributed by atoms with Crippen LogP contribution in [-0.2, 0) is 14.3 Å². The predicted octanol–water partition coefficient (Wildman–Crippen LogP) is 3.60. The Labute approximate surface area is 185 Å². The van der Waals surface area contributed by atoms with E-state index in [0.717, 1.165) is 69.6 Å². The second-order valence-electron chi connectivity index (χ2n) is 9.21. The van der Waals surface area contributed by atoms with Crippen LogP contribution < -0.4 is 4.74 Å². The largest absolute Gasteiger partial charge is 0.487 e. The molecule has 2 fully saturated rings. The van der Waals surface area contributed by atoms with Gasteiger partial charge in [0.1, 0.15) is 11.4 Å². The van der Waals surface area contributed by atoms with E-state index >= 15 is 0 Å². The number of fused-ring (bicyclic) bond motifs is 1. The Morgan fingerprint density at radius 3 is 2.45 bits per heavy atom. The van der Waals surface area contributed by atoms with Crippen molar-refractivity contribution in [3.63, 3.8) is 0 Å². The molecule has 2 saturated heterocycles. The number of nitrogens with zero attached hydrogens (tertiary/aromatic N) is 2. The molecule has 0 saturated carbocycles. The number of likely N-dealkylation sites (tertiary alicyclic amines) is 1. The highest BCUT2D eigenvalue weighted by Crippen LogP contribution is 2.46. The monoisotopic (exact) mass is 428 g/mol. The first-order valence-electron chi connectivity index (χ1n) is 12.0. The Balaban J connectivity index is 1.46. The Bertz CT molecular complexity index is 777. The lowest BCUT2D eigenvalue weighted by Crippen LogP contribution is -2.53. The third kappa shape index (κ3) is 4.74. The van der Waals surface area contributed by atoms with Gasteiger partial charge in [0.05, 0.1) is 0 Å². The average molecular weight is 429 g/mol. The number of hydrogen-bond acceptors (Lipinski definition) is 4. The van der Waals surface area contributed by atoms with Gasteiger partial charge >= 0.3 is 0 Å². The summed E-state index contributed by atoms with van der Waals surface area (Å²) in [5, 5.41) is 0. The van der Waals surface area contributed by atoms with Gasteiger partial charge in [-0.3, -0.25) is 9.59 Å². The Morgan fingerprint density at radius 2 is 1.77 bits per heavy atom. The molecule has 0 aliphatic carbocycles. The van der Waals surface area contributed by atoms with Gasteiger partial charge in [0.2, 0.25) is 11.8 Å². The maximum atomic E-state index is 13.0. The summed E-state index contributed by atoms with van der Waals surface area (Å²) in [5.74, 6) is 1.68. The van der Waals surface area contributed by atoms with Crippen molar-refractivity contribution in [1.29, 1.82) is 0 Å². The van der Waals surface area contributed by atoms with Gasteiger partial charge in [0.25, 0.3) is 0 Å². The molecular weight excluding hydrogens is 392 g/mol. The number of amides is 2. The summed E-state index contributed by atoms with van der Waals surface area (Å²) in [7, 11) is 0. The van der Waals surface area contributed by atoms with Gasteiger partial charge in [-0.15, -0.1) is 0 Å². The number of carbonyl (C=O) groups excluding carboxylic acids is 2. The maximum absolute atomic E-state index is 13.0. The van der Waals surface area contributed by atoms with Crippen LogP contribution >= 0.6 is 0 Å². The third-order valence-corrected chi connectivity index (χ3v) is 7.40. The number of piperidine rings is 1. The van der Waals surface area contributed by atoms with Gasteiger partial charge in [-0.2, -0.15) is 0 Å². The summed E-state index contributed by atoms with van der Waals surface area (Å²) in [4.78, 5) is 29.8. The molecule has 1 aromatic carbocycles. The molecule has 0 bridgehead atoms. The number of ether oxygens (including phenoxy) is 2. The highest BCUT2D eigenvalue weighted by molar-refractivity contribution is 5.79. The van der Waals surface area contributed by atoms with Crippen molar-refractivity contribution in [3.8, 4) is 5.75 Å². The van der Waals surface area contributed by atoms with Crippen LogP contribution in [0, 0.1) is 5.92 Å². The normalized spacial score (nSPS) is 23.2. The summed E-state index contributed by atoms with van der Waals surface area (Å²) in [6.45, 7) is 8.40. The lowest BCUT2D eigenvalue weighted by Gasteiger charge is -2.47. The van der Waals surface area contributed by atoms with E-state index < -0.39 is 0 Å². The first kappa shape index (κ1) is 22.1. The first-order chi connectivity index (χ1) is 15.0. The van der Waals surface area contributed by atoms with E-state index in [-0.39, 0.29) is 29.3 Å². The highest BCUT2D eigenvalue weighted by atomic mass is 16.5. The number of carbonyl (C=O) groups is 2. The van der Waals surface area contributed by atoms with Gasteiger partial charge in [0, 0.05) is 70.5 Å². The number of para-hydroxylation sites is 1. The van der Waals surface area contributed by atoms with Gasteiger partial charge in [0.15, 0.2) is 0 Å². The summed E-state index contributed by atoms with van der Waals surface area (Å²) < 4.78 is 12.0. The smallest absolute Gasteiger partial charge is 0.225 e. The first-order valence-corrected chi connectivity index (χ1v) is 12.0. The van der Waals surface area contributed by atoms with Crippen molar-refractivity contribution in [3.05, 3.63) is 29.8 Å². The van der Waals surface area contributed by atoms with Crippen molar-refractivity contribution in [2.75, 3.05) is 39.4 Å². The summed E-state index contributed by atoms with van der Waals surface area (Å²) in [6, 6.07) is 8.17.